The predicted molar refractivity (Wildman–Crippen MR) is 96.4 cm³/mol. The van der Waals surface area contributed by atoms with Crippen LogP contribution in [0.1, 0.15) is 46.5 Å². The van der Waals surface area contributed by atoms with Gasteiger partial charge < -0.3 is 5.32 Å². The second-order valence-electron chi connectivity index (χ2n) is 5.49. The number of hydrogen-bond donors (Lipinski definition) is 2. The Balaban J connectivity index is 2.03. The predicted octanol–water partition coefficient (Wildman–Crippen LogP) is 3.76. The molecule has 0 heterocycles. The van der Waals surface area contributed by atoms with Crippen molar-refractivity contribution in [3.63, 3.8) is 0 Å². The number of hydrazone groups is 1. The highest BCUT2D eigenvalue weighted by Crippen LogP contribution is 2.13. The number of benzene rings is 2. The van der Waals surface area contributed by atoms with E-state index in [-0.39, 0.29) is 11.8 Å². The van der Waals surface area contributed by atoms with Gasteiger partial charge in [-0.25, -0.2) is 5.43 Å². The Labute approximate surface area is 141 Å². The Morgan fingerprint density at radius 3 is 2.29 bits per heavy atom. The van der Waals surface area contributed by atoms with E-state index < -0.39 is 0 Å². The van der Waals surface area contributed by atoms with Gasteiger partial charge in [0, 0.05) is 22.5 Å². The second-order valence-corrected chi connectivity index (χ2v) is 5.49. The summed E-state index contributed by atoms with van der Waals surface area (Å²) in [6.07, 6.45) is 0.782. The number of hydrogen-bond acceptors (Lipinski definition) is 3. The van der Waals surface area contributed by atoms with Gasteiger partial charge in [0.1, 0.15) is 0 Å². The Morgan fingerprint density at radius 2 is 1.67 bits per heavy atom. The average molecular weight is 323 g/mol. The molecule has 0 aliphatic rings. The lowest BCUT2D eigenvalue weighted by Gasteiger charge is -2.08. The molecule has 0 atom stereocenters. The number of carbonyl (C=O) groups is 2. The van der Waals surface area contributed by atoms with Gasteiger partial charge in [0.05, 0.1) is 0 Å². The van der Waals surface area contributed by atoms with E-state index in [0.29, 0.717) is 16.8 Å². The second kappa shape index (κ2) is 8.06. The summed E-state index contributed by atoms with van der Waals surface area (Å²) in [5.74, 6) is -0.451. The summed E-state index contributed by atoms with van der Waals surface area (Å²) in [5.41, 5.74) is 6.01. The maximum Gasteiger partial charge on any atom is 0.271 e. The van der Waals surface area contributed by atoms with Crippen molar-refractivity contribution >= 4 is 23.2 Å². The number of anilines is 1. The molecule has 2 rings (SSSR count). The van der Waals surface area contributed by atoms with Gasteiger partial charge in [0.2, 0.25) is 0 Å². The Bertz CT molecular complexity index is 764. The minimum absolute atomic E-state index is 0.173. The number of rotatable bonds is 5. The summed E-state index contributed by atoms with van der Waals surface area (Å²) in [6, 6.07) is 14.1. The van der Waals surface area contributed by atoms with E-state index in [4.69, 9.17) is 0 Å². The van der Waals surface area contributed by atoms with Crippen molar-refractivity contribution in [2.24, 2.45) is 5.10 Å². The van der Waals surface area contributed by atoms with Crippen LogP contribution in [0.25, 0.3) is 0 Å². The van der Waals surface area contributed by atoms with Crippen molar-refractivity contribution in [2.45, 2.75) is 27.2 Å². The monoisotopic (exact) mass is 323 g/mol. The molecule has 0 bridgehead atoms. The van der Waals surface area contributed by atoms with E-state index in [2.05, 4.69) is 15.8 Å². The van der Waals surface area contributed by atoms with Gasteiger partial charge in [0.15, 0.2) is 0 Å². The molecule has 0 radical (unpaired) electrons. The standard InChI is InChI=1S/C19H21N3O2/c1-4-14(3)21-22-18(23)15-9-11-16(12-10-15)20-19(24)17-8-6-5-7-13(17)2/h5-12H,4H2,1-3H3,(H,20,24)(H,22,23). The lowest BCUT2D eigenvalue weighted by Crippen LogP contribution is -2.19. The molecule has 0 aliphatic carbocycles. The van der Waals surface area contributed by atoms with Gasteiger partial charge in [-0.3, -0.25) is 9.59 Å². The molecular weight excluding hydrogens is 302 g/mol. The van der Waals surface area contributed by atoms with E-state index in [1.165, 1.54) is 0 Å². The number of amides is 2. The van der Waals surface area contributed by atoms with Crippen molar-refractivity contribution in [1.29, 1.82) is 0 Å². The molecule has 2 N–H and O–H groups in total. The molecule has 0 unspecified atom stereocenters. The van der Waals surface area contributed by atoms with E-state index >= 15 is 0 Å². The van der Waals surface area contributed by atoms with Gasteiger partial charge in [-0.1, -0.05) is 25.1 Å². The van der Waals surface area contributed by atoms with E-state index in [9.17, 15) is 9.59 Å². The zero-order chi connectivity index (χ0) is 17.5. The maximum absolute atomic E-state index is 12.3. The third-order valence-corrected chi connectivity index (χ3v) is 3.65. The summed E-state index contributed by atoms with van der Waals surface area (Å²) in [6.45, 7) is 5.71. The van der Waals surface area contributed by atoms with Crippen LogP contribution in [0.3, 0.4) is 0 Å². The molecule has 2 aromatic carbocycles. The largest absolute Gasteiger partial charge is 0.322 e. The van der Waals surface area contributed by atoms with Gasteiger partial charge in [0.25, 0.3) is 11.8 Å². The topological polar surface area (TPSA) is 70.6 Å². The molecular formula is C19H21N3O2. The van der Waals surface area contributed by atoms with Crippen LogP contribution in [0, 0.1) is 6.92 Å². The van der Waals surface area contributed by atoms with Crippen LogP contribution in [0.2, 0.25) is 0 Å². The van der Waals surface area contributed by atoms with Gasteiger partial charge in [-0.2, -0.15) is 5.10 Å². The number of carbonyl (C=O) groups excluding carboxylic acids is 2. The van der Waals surface area contributed by atoms with Crippen molar-refractivity contribution in [1.82, 2.24) is 5.43 Å². The molecule has 0 fully saturated rings. The minimum Gasteiger partial charge on any atom is -0.322 e. The minimum atomic E-state index is -0.278. The fourth-order valence-electron chi connectivity index (χ4n) is 2.02. The van der Waals surface area contributed by atoms with Crippen LogP contribution in [0.4, 0.5) is 5.69 Å². The van der Waals surface area contributed by atoms with Crippen LogP contribution >= 0.6 is 0 Å². The highest BCUT2D eigenvalue weighted by molar-refractivity contribution is 6.05. The smallest absolute Gasteiger partial charge is 0.271 e. The summed E-state index contributed by atoms with van der Waals surface area (Å²) in [7, 11) is 0. The molecule has 0 saturated carbocycles. The first kappa shape index (κ1) is 17.4. The average Bonchev–Trinajstić information content (AvgIpc) is 2.60. The molecule has 0 saturated heterocycles. The first-order valence-electron chi connectivity index (χ1n) is 7.81. The molecule has 124 valence electrons. The van der Waals surface area contributed by atoms with Crippen LogP contribution in [0.15, 0.2) is 53.6 Å². The third-order valence-electron chi connectivity index (χ3n) is 3.65. The first-order valence-corrected chi connectivity index (χ1v) is 7.81. The normalized spacial score (nSPS) is 11.0. The quantitative estimate of drug-likeness (QED) is 0.649. The summed E-state index contributed by atoms with van der Waals surface area (Å²) >= 11 is 0. The van der Waals surface area contributed by atoms with Crippen molar-refractivity contribution in [2.75, 3.05) is 5.32 Å². The lowest BCUT2D eigenvalue weighted by molar-refractivity contribution is 0.0954. The van der Waals surface area contributed by atoms with Gasteiger partial charge in [-0.15, -0.1) is 0 Å². The Hall–Kier alpha value is -2.95. The van der Waals surface area contributed by atoms with Crippen LogP contribution < -0.4 is 10.7 Å². The number of nitrogens with one attached hydrogen (secondary N) is 2. The molecule has 5 nitrogen and oxygen atoms in total. The third kappa shape index (κ3) is 4.52. The van der Waals surface area contributed by atoms with Gasteiger partial charge >= 0.3 is 0 Å². The SMILES string of the molecule is CCC(C)=NNC(=O)c1ccc(NC(=O)c2ccccc2C)cc1. The molecule has 2 amide bonds. The highest BCUT2D eigenvalue weighted by atomic mass is 16.2. The van der Waals surface area contributed by atoms with Crippen molar-refractivity contribution in [3.05, 3.63) is 65.2 Å². The summed E-state index contributed by atoms with van der Waals surface area (Å²) in [5, 5.41) is 6.81. The number of nitrogens with zero attached hydrogens (tertiary/aromatic N) is 1. The molecule has 24 heavy (non-hydrogen) atoms. The maximum atomic E-state index is 12.3. The van der Waals surface area contributed by atoms with E-state index in [0.717, 1.165) is 17.7 Å². The van der Waals surface area contributed by atoms with E-state index in [1.807, 2.05) is 39.0 Å². The fourth-order valence-corrected chi connectivity index (χ4v) is 2.02. The van der Waals surface area contributed by atoms with Crippen LogP contribution in [-0.4, -0.2) is 17.5 Å². The van der Waals surface area contributed by atoms with Gasteiger partial charge in [-0.05, 0) is 56.2 Å². The molecule has 5 heteroatoms. The van der Waals surface area contributed by atoms with Crippen molar-refractivity contribution in [3.8, 4) is 0 Å². The Morgan fingerprint density at radius 1 is 1.00 bits per heavy atom. The summed E-state index contributed by atoms with van der Waals surface area (Å²) < 4.78 is 0. The highest BCUT2D eigenvalue weighted by Gasteiger charge is 2.09. The number of aryl methyl sites for hydroxylation is 1. The zero-order valence-corrected chi connectivity index (χ0v) is 14.1. The molecule has 0 aromatic heterocycles. The molecule has 0 aliphatic heterocycles. The zero-order valence-electron chi connectivity index (χ0n) is 14.1. The fraction of sp³-hybridized carbons (Fsp3) is 0.211. The first-order chi connectivity index (χ1) is 11.5. The van der Waals surface area contributed by atoms with Crippen molar-refractivity contribution < 1.29 is 9.59 Å². The van der Waals surface area contributed by atoms with Crippen LogP contribution in [-0.2, 0) is 0 Å². The van der Waals surface area contributed by atoms with E-state index in [1.54, 1.807) is 30.3 Å². The molecule has 0 spiro atoms. The lowest BCUT2D eigenvalue weighted by atomic mass is 10.1. The molecule has 2 aromatic rings. The van der Waals surface area contributed by atoms with Crippen LogP contribution in [0.5, 0.6) is 0 Å². The summed E-state index contributed by atoms with van der Waals surface area (Å²) in [4.78, 5) is 24.2. The Kier molecular flexibility index (Phi) is 5.84.